The van der Waals surface area contributed by atoms with E-state index in [1.54, 1.807) is 6.07 Å². The molecule has 1 aliphatic rings. The van der Waals surface area contributed by atoms with Crippen molar-refractivity contribution in [3.05, 3.63) is 58.9 Å². The third-order valence-corrected chi connectivity index (χ3v) is 5.18. The van der Waals surface area contributed by atoms with Crippen LogP contribution >= 0.6 is 0 Å². The molecule has 2 heterocycles. The summed E-state index contributed by atoms with van der Waals surface area (Å²) in [6.45, 7) is 6.98. The number of alkyl halides is 3. The van der Waals surface area contributed by atoms with E-state index in [2.05, 4.69) is 16.5 Å². The zero-order chi connectivity index (χ0) is 22.1. The molecular weight excluding hydrogens is 395 g/mol. The van der Waals surface area contributed by atoms with Gasteiger partial charge in [0, 0.05) is 37.3 Å². The van der Waals surface area contributed by atoms with E-state index in [1.807, 2.05) is 17.9 Å². The zero-order valence-electron chi connectivity index (χ0n) is 16.7. The number of aromatic nitrogens is 2. The Balaban J connectivity index is 1.97. The van der Waals surface area contributed by atoms with Gasteiger partial charge >= 0.3 is 6.18 Å². The van der Waals surface area contributed by atoms with Gasteiger partial charge in [-0.25, -0.2) is 9.97 Å². The number of nitrogens with zero attached hydrogens (tertiary/aromatic N) is 3. The topological polar surface area (TPSA) is 88.1 Å². The fourth-order valence-corrected chi connectivity index (χ4v) is 3.43. The third-order valence-electron chi connectivity index (χ3n) is 5.18. The van der Waals surface area contributed by atoms with Crippen molar-refractivity contribution in [2.24, 2.45) is 0 Å². The quantitative estimate of drug-likeness (QED) is 0.571. The zero-order valence-corrected chi connectivity index (χ0v) is 16.7. The molecule has 0 amide bonds. The third kappa shape index (κ3) is 4.00. The van der Waals surface area contributed by atoms with E-state index in [0.29, 0.717) is 36.5 Å². The predicted molar refractivity (Wildman–Crippen MR) is 111 cm³/mol. The largest absolute Gasteiger partial charge is 0.495 e. The van der Waals surface area contributed by atoms with Crippen molar-refractivity contribution in [2.75, 3.05) is 30.8 Å². The Labute approximate surface area is 172 Å². The van der Waals surface area contributed by atoms with Gasteiger partial charge in [0.15, 0.2) is 0 Å². The monoisotopic (exact) mass is 417 g/mol. The molecule has 1 saturated heterocycles. The molecule has 158 valence electrons. The predicted octanol–water partition coefficient (Wildman–Crippen LogP) is 4.32. The molecule has 1 aliphatic heterocycles. The van der Waals surface area contributed by atoms with Crippen molar-refractivity contribution < 1.29 is 17.9 Å². The van der Waals surface area contributed by atoms with E-state index in [0.717, 1.165) is 34.7 Å². The summed E-state index contributed by atoms with van der Waals surface area (Å²) in [4.78, 5) is 9.61. The molecule has 0 bridgehead atoms. The summed E-state index contributed by atoms with van der Waals surface area (Å²) >= 11 is 0. The number of piperidine rings is 1. The van der Waals surface area contributed by atoms with Gasteiger partial charge in [0.25, 0.3) is 0 Å². The highest BCUT2D eigenvalue weighted by atomic mass is 19.4. The first-order chi connectivity index (χ1) is 14.2. The number of nitrogen functional groups attached to an aromatic ring is 1. The Bertz CT molecular complexity index is 1010. The van der Waals surface area contributed by atoms with Gasteiger partial charge in [0.1, 0.15) is 5.75 Å². The van der Waals surface area contributed by atoms with E-state index in [1.165, 1.54) is 13.3 Å². The molecular formula is C21H22F3N5O. The van der Waals surface area contributed by atoms with Gasteiger partial charge in [-0.3, -0.25) is 0 Å². The highest BCUT2D eigenvalue weighted by Gasteiger charge is 2.32. The van der Waals surface area contributed by atoms with E-state index < -0.39 is 11.7 Å². The highest BCUT2D eigenvalue weighted by molar-refractivity contribution is 5.95. The lowest BCUT2D eigenvalue weighted by Gasteiger charge is -2.32. The van der Waals surface area contributed by atoms with E-state index in [-0.39, 0.29) is 5.95 Å². The van der Waals surface area contributed by atoms with Crippen LogP contribution < -0.4 is 15.4 Å². The van der Waals surface area contributed by atoms with Gasteiger partial charge in [-0.1, -0.05) is 12.6 Å². The Morgan fingerprint density at radius 3 is 2.53 bits per heavy atom. The number of hydrogen-bond acceptors (Lipinski definition) is 6. The van der Waals surface area contributed by atoms with E-state index >= 15 is 0 Å². The second kappa shape index (κ2) is 8.17. The summed E-state index contributed by atoms with van der Waals surface area (Å²) in [5, 5.41) is 7.77. The number of anilines is 2. The van der Waals surface area contributed by atoms with Crippen LogP contribution in [0.2, 0.25) is 0 Å². The standard InChI is InChI=1S/C21H22F3N5O/c1-12-6-7-29(20-27-9-14(10-28-20)21(22,23)24)11-17(12)13(2)15-4-5-18(30-3)19(26)16(15)8-25/h4-5,8-10,25H,1,6-7,11,26H2,2-3H3/b17-13+,25-8?. The van der Waals surface area contributed by atoms with Crippen molar-refractivity contribution in [1.29, 1.82) is 5.41 Å². The Morgan fingerprint density at radius 1 is 1.30 bits per heavy atom. The van der Waals surface area contributed by atoms with Crippen LogP contribution in [-0.4, -0.2) is 36.4 Å². The molecule has 1 fully saturated rings. The fraction of sp³-hybridized carbons (Fsp3) is 0.286. The van der Waals surface area contributed by atoms with Gasteiger partial charge < -0.3 is 20.8 Å². The minimum absolute atomic E-state index is 0.224. The molecule has 3 rings (SSSR count). The maximum absolute atomic E-state index is 12.8. The Kier molecular flexibility index (Phi) is 5.82. The highest BCUT2D eigenvalue weighted by Crippen LogP contribution is 2.36. The summed E-state index contributed by atoms with van der Waals surface area (Å²) in [5.74, 6) is 0.708. The molecule has 0 aliphatic carbocycles. The van der Waals surface area contributed by atoms with Crippen LogP contribution in [0.25, 0.3) is 5.57 Å². The lowest BCUT2D eigenvalue weighted by molar-refractivity contribution is -0.138. The van der Waals surface area contributed by atoms with Gasteiger partial charge in [0.05, 0.1) is 18.4 Å². The fourth-order valence-electron chi connectivity index (χ4n) is 3.43. The second-order valence-corrected chi connectivity index (χ2v) is 6.94. The summed E-state index contributed by atoms with van der Waals surface area (Å²) in [6.07, 6.45) is -1.10. The lowest BCUT2D eigenvalue weighted by Crippen LogP contribution is -2.34. The molecule has 30 heavy (non-hydrogen) atoms. The number of ether oxygens (including phenoxy) is 1. The van der Waals surface area contributed by atoms with E-state index in [4.69, 9.17) is 15.9 Å². The van der Waals surface area contributed by atoms with Crippen LogP contribution in [0.1, 0.15) is 30.0 Å². The van der Waals surface area contributed by atoms with Crippen LogP contribution in [0.4, 0.5) is 24.8 Å². The molecule has 0 atom stereocenters. The SMILES string of the molecule is C=C1CCN(c2ncc(C(F)(F)F)cn2)C/C1=C(/C)c1ccc(OC)c(N)c1C=N. The van der Waals surface area contributed by atoms with Crippen LogP contribution in [0.3, 0.4) is 0 Å². The number of methoxy groups -OCH3 is 1. The molecule has 1 aromatic heterocycles. The second-order valence-electron chi connectivity index (χ2n) is 6.94. The van der Waals surface area contributed by atoms with Gasteiger partial charge in [-0.15, -0.1) is 0 Å². The van der Waals surface area contributed by atoms with Crippen LogP contribution in [0.5, 0.6) is 5.75 Å². The Morgan fingerprint density at radius 2 is 1.97 bits per heavy atom. The molecule has 0 spiro atoms. The first-order valence-corrected chi connectivity index (χ1v) is 9.16. The molecule has 9 heteroatoms. The van der Waals surface area contributed by atoms with E-state index in [9.17, 15) is 13.2 Å². The average Bonchev–Trinajstić information content (AvgIpc) is 2.73. The van der Waals surface area contributed by atoms with Gasteiger partial charge in [0.2, 0.25) is 5.95 Å². The number of rotatable bonds is 4. The molecule has 0 radical (unpaired) electrons. The number of benzene rings is 1. The number of allylic oxidation sites excluding steroid dienone is 1. The smallest absolute Gasteiger partial charge is 0.419 e. The van der Waals surface area contributed by atoms with Crippen molar-refractivity contribution >= 4 is 23.4 Å². The molecule has 3 N–H and O–H groups in total. The normalized spacial score (nSPS) is 16.4. The number of nitrogens with two attached hydrogens (primary N) is 1. The maximum Gasteiger partial charge on any atom is 0.419 e. The minimum Gasteiger partial charge on any atom is -0.495 e. The van der Waals surface area contributed by atoms with Crippen molar-refractivity contribution in [1.82, 2.24) is 9.97 Å². The summed E-state index contributed by atoms with van der Waals surface area (Å²) in [6, 6.07) is 3.57. The van der Waals surface area contributed by atoms with Crippen molar-refractivity contribution in [3.63, 3.8) is 0 Å². The molecule has 0 unspecified atom stereocenters. The van der Waals surface area contributed by atoms with Crippen LogP contribution in [0, 0.1) is 5.41 Å². The Hall–Kier alpha value is -3.36. The molecule has 6 nitrogen and oxygen atoms in total. The molecule has 2 aromatic rings. The first-order valence-electron chi connectivity index (χ1n) is 9.16. The van der Waals surface area contributed by atoms with Crippen molar-refractivity contribution in [3.8, 4) is 5.75 Å². The molecule has 0 saturated carbocycles. The number of hydrogen-bond donors (Lipinski definition) is 2. The number of halogens is 3. The van der Waals surface area contributed by atoms with Crippen LogP contribution in [-0.2, 0) is 6.18 Å². The lowest BCUT2D eigenvalue weighted by atomic mass is 9.89. The summed E-state index contributed by atoms with van der Waals surface area (Å²) < 4.78 is 43.6. The first kappa shape index (κ1) is 21.4. The van der Waals surface area contributed by atoms with Crippen LogP contribution in [0.15, 0.2) is 42.3 Å². The number of nitrogens with one attached hydrogen (secondary N) is 1. The van der Waals surface area contributed by atoms with Crippen molar-refractivity contribution in [2.45, 2.75) is 19.5 Å². The minimum atomic E-state index is -4.48. The average molecular weight is 417 g/mol. The molecule has 1 aromatic carbocycles. The summed E-state index contributed by atoms with van der Waals surface area (Å²) in [5.41, 5.74) is 9.64. The van der Waals surface area contributed by atoms with Gasteiger partial charge in [-0.05, 0) is 41.7 Å². The maximum atomic E-state index is 12.8. The summed E-state index contributed by atoms with van der Waals surface area (Å²) in [7, 11) is 1.51. The van der Waals surface area contributed by atoms with Gasteiger partial charge in [-0.2, -0.15) is 13.2 Å².